The number of aliphatic carboxylic acids is 1. The summed E-state index contributed by atoms with van der Waals surface area (Å²) >= 11 is 0. The lowest BCUT2D eigenvalue weighted by molar-refractivity contribution is -0.384. The first-order chi connectivity index (χ1) is 12.3. The molecule has 144 valence electrons. The van der Waals surface area contributed by atoms with E-state index in [1.807, 2.05) is 0 Å². The van der Waals surface area contributed by atoms with E-state index in [1.165, 1.54) is 16.4 Å². The number of carboxylic acid groups (broad SMARTS) is 1. The topological polar surface area (TPSA) is 130 Å². The zero-order chi connectivity index (χ0) is 19.2. The Morgan fingerprint density at radius 1 is 1.23 bits per heavy atom. The van der Waals surface area contributed by atoms with Crippen LogP contribution < -0.4 is 5.32 Å². The van der Waals surface area contributed by atoms with Crippen molar-refractivity contribution in [2.75, 3.05) is 25.0 Å². The lowest BCUT2D eigenvalue weighted by Crippen LogP contribution is -2.32. The summed E-state index contributed by atoms with van der Waals surface area (Å²) in [6.45, 7) is 1.09. The first kappa shape index (κ1) is 20.1. The van der Waals surface area contributed by atoms with Crippen LogP contribution in [0.25, 0.3) is 0 Å². The zero-order valence-electron chi connectivity index (χ0n) is 14.4. The molecule has 9 nitrogen and oxygen atoms in total. The third-order valence-corrected chi connectivity index (χ3v) is 6.15. The molecule has 0 amide bonds. The third-order valence-electron chi connectivity index (χ3n) is 4.25. The Bertz CT molecular complexity index is 757. The maximum absolute atomic E-state index is 12.8. The van der Waals surface area contributed by atoms with Crippen molar-refractivity contribution in [3.63, 3.8) is 0 Å². The summed E-state index contributed by atoms with van der Waals surface area (Å²) < 4.78 is 26.9. The van der Waals surface area contributed by atoms with E-state index in [9.17, 15) is 23.3 Å². The standard InChI is InChI=1S/C16H23N3O6S/c20-16(21)6-5-9-17-14-8-7-13(12-15(14)19(22)23)26(24,25)18-10-3-1-2-4-11-18/h7-8,12,17H,1-6,9-11H2,(H,20,21). The number of benzene rings is 1. The molecule has 0 atom stereocenters. The largest absolute Gasteiger partial charge is 0.481 e. The molecule has 1 aliphatic heterocycles. The molecular formula is C16H23N3O6S. The molecule has 0 aromatic heterocycles. The summed E-state index contributed by atoms with van der Waals surface area (Å²) in [6, 6.07) is 3.79. The monoisotopic (exact) mass is 385 g/mol. The zero-order valence-corrected chi connectivity index (χ0v) is 15.2. The number of nitrogens with one attached hydrogen (secondary N) is 1. The van der Waals surface area contributed by atoms with Crippen LogP contribution in [0.3, 0.4) is 0 Å². The maximum atomic E-state index is 12.8. The molecule has 26 heavy (non-hydrogen) atoms. The van der Waals surface area contributed by atoms with Crippen molar-refractivity contribution in [2.45, 2.75) is 43.4 Å². The van der Waals surface area contributed by atoms with Gasteiger partial charge in [-0.2, -0.15) is 4.31 Å². The van der Waals surface area contributed by atoms with Crippen molar-refractivity contribution in [3.05, 3.63) is 28.3 Å². The lowest BCUT2D eigenvalue weighted by Gasteiger charge is -2.20. The van der Waals surface area contributed by atoms with Crippen LogP contribution >= 0.6 is 0 Å². The molecular weight excluding hydrogens is 362 g/mol. The molecule has 0 spiro atoms. The van der Waals surface area contributed by atoms with Gasteiger partial charge in [0.25, 0.3) is 5.69 Å². The normalized spacial score (nSPS) is 16.0. The predicted octanol–water partition coefficient (Wildman–Crippen LogP) is 2.44. The van der Waals surface area contributed by atoms with Gasteiger partial charge in [0, 0.05) is 32.1 Å². The third kappa shape index (κ3) is 5.15. The van der Waals surface area contributed by atoms with E-state index in [-0.39, 0.29) is 29.2 Å². The summed E-state index contributed by atoms with van der Waals surface area (Å²) in [7, 11) is -3.77. The van der Waals surface area contributed by atoms with Gasteiger partial charge in [-0.15, -0.1) is 0 Å². The van der Waals surface area contributed by atoms with Crippen LogP contribution in [0.1, 0.15) is 38.5 Å². The Morgan fingerprint density at radius 2 is 1.88 bits per heavy atom. The van der Waals surface area contributed by atoms with E-state index < -0.39 is 20.9 Å². The van der Waals surface area contributed by atoms with Gasteiger partial charge in [-0.25, -0.2) is 8.42 Å². The highest BCUT2D eigenvalue weighted by Gasteiger charge is 2.27. The van der Waals surface area contributed by atoms with Crippen molar-refractivity contribution in [3.8, 4) is 0 Å². The number of sulfonamides is 1. The Labute approximate surface area is 152 Å². The Hall–Kier alpha value is -2.20. The SMILES string of the molecule is O=C(O)CCCNc1ccc(S(=O)(=O)N2CCCCCC2)cc1[N+](=O)[O-]. The molecule has 0 aliphatic carbocycles. The smallest absolute Gasteiger partial charge is 0.303 e. The van der Waals surface area contributed by atoms with Crippen LogP contribution in [-0.2, 0) is 14.8 Å². The van der Waals surface area contributed by atoms with Gasteiger partial charge in [-0.1, -0.05) is 12.8 Å². The summed E-state index contributed by atoms with van der Waals surface area (Å²) in [4.78, 5) is 21.1. The summed E-state index contributed by atoms with van der Waals surface area (Å²) in [5.74, 6) is -0.944. The molecule has 0 radical (unpaired) electrons. The van der Waals surface area contributed by atoms with Crippen molar-refractivity contribution < 1.29 is 23.2 Å². The Balaban J connectivity index is 2.20. The molecule has 0 saturated carbocycles. The Kier molecular flexibility index (Phi) is 6.92. The highest BCUT2D eigenvalue weighted by molar-refractivity contribution is 7.89. The predicted molar refractivity (Wildman–Crippen MR) is 95.7 cm³/mol. The highest BCUT2D eigenvalue weighted by Crippen LogP contribution is 2.29. The molecule has 10 heteroatoms. The molecule has 1 aromatic carbocycles. The van der Waals surface area contributed by atoms with Gasteiger partial charge in [0.2, 0.25) is 10.0 Å². The van der Waals surface area contributed by atoms with E-state index in [0.717, 1.165) is 31.7 Å². The van der Waals surface area contributed by atoms with Gasteiger partial charge in [-0.3, -0.25) is 14.9 Å². The fraction of sp³-hybridized carbons (Fsp3) is 0.562. The van der Waals surface area contributed by atoms with E-state index in [4.69, 9.17) is 5.11 Å². The van der Waals surface area contributed by atoms with E-state index in [1.54, 1.807) is 0 Å². The molecule has 1 heterocycles. The van der Waals surface area contributed by atoms with Gasteiger partial charge < -0.3 is 10.4 Å². The van der Waals surface area contributed by atoms with Gasteiger partial charge in [0.05, 0.1) is 9.82 Å². The molecule has 1 fully saturated rings. The minimum Gasteiger partial charge on any atom is -0.481 e. The number of nitro benzene ring substituents is 1. The number of nitrogens with zero attached hydrogens (tertiary/aromatic N) is 2. The van der Waals surface area contributed by atoms with Gasteiger partial charge in [-0.05, 0) is 31.4 Å². The van der Waals surface area contributed by atoms with Crippen LogP contribution in [0.5, 0.6) is 0 Å². The van der Waals surface area contributed by atoms with Gasteiger partial charge >= 0.3 is 5.97 Å². The van der Waals surface area contributed by atoms with Gasteiger partial charge in [0.1, 0.15) is 5.69 Å². The van der Waals surface area contributed by atoms with Crippen molar-refractivity contribution in [1.82, 2.24) is 4.31 Å². The minimum atomic E-state index is -3.77. The number of anilines is 1. The van der Waals surface area contributed by atoms with Crippen molar-refractivity contribution in [1.29, 1.82) is 0 Å². The second-order valence-corrected chi connectivity index (χ2v) is 8.12. The average molecular weight is 385 g/mol. The fourth-order valence-corrected chi connectivity index (χ4v) is 4.40. The van der Waals surface area contributed by atoms with E-state index >= 15 is 0 Å². The second kappa shape index (κ2) is 8.95. The van der Waals surface area contributed by atoms with Crippen LogP contribution in [0, 0.1) is 10.1 Å². The number of hydrogen-bond donors (Lipinski definition) is 2. The molecule has 2 N–H and O–H groups in total. The summed E-state index contributed by atoms with van der Waals surface area (Å²) in [5.41, 5.74) is -0.161. The van der Waals surface area contributed by atoms with Crippen LogP contribution in [0.4, 0.5) is 11.4 Å². The number of rotatable bonds is 8. The summed E-state index contributed by atoms with van der Waals surface area (Å²) in [5, 5.41) is 22.8. The number of nitro groups is 1. The average Bonchev–Trinajstić information content (AvgIpc) is 2.88. The van der Waals surface area contributed by atoms with Crippen LogP contribution in [-0.4, -0.2) is 48.4 Å². The quantitative estimate of drug-likeness (QED) is 0.399. The number of carbonyl (C=O) groups is 1. The van der Waals surface area contributed by atoms with Crippen molar-refractivity contribution >= 4 is 27.4 Å². The maximum Gasteiger partial charge on any atom is 0.303 e. The number of hydrogen-bond acceptors (Lipinski definition) is 6. The van der Waals surface area contributed by atoms with E-state index in [0.29, 0.717) is 19.5 Å². The first-order valence-electron chi connectivity index (χ1n) is 8.56. The highest BCUT2D eigenvalue weighted by atomic mass is 32.2. The van der Waals surface area contributed by atoms with Crippen LogP contribution in [0.15, 0.2) is 23.1 Å². The first-order valence-corrected chi connectivity index (χ1v) is 10.0. The lowest BCUT2D eigenvalue weighted by atomic mass is 10.2. The Morgan fingerprint density at radius 3 is 2.46 bits per heavy atom. The van der Waals surface area contributed by atoms with Crippen LogP contribution in [0.2, 0.25) is 0 Å². The van der Waals surface area contributed by atoms with E-state index in [2.05, 4.69) is 5.32 Å². The second-order valence-electron chi connectivity index (χ2n) is 6.18. The summed E-state index contributed by atoms with van der Waals surface area (Å²) in [6.07, 6.45) is 3.77. The molecule has 2 rings (SSSR count). The fourth-order valence-electron chi connectivity index (χ4n) is 2.87. The molecule has 0 bridgehead atoms. The van der Waals surface area contributed by atoms with Gasteiger partial charge in [0.15, 0.2) is 0 Å². The molecule has 0 unspecified atom stereocenters. The number of carboxylic acids is 1. The molecule has 1 aromatic rings. The van der Waals surface area contributed by atoms with Crippen molar-refractivity contribution in [2.24, 2.45) is 0 Å². The molecule has 1 aliphatic rings. The minimum absolute atomic E-state index is 0.0534. The molecule has 1 saturated heterocycles.